The van der Waals surface area contributed by atoms with E-state index in [9.17, 15) is 4.79 Å². The summed E-state index contributed by atoms with van der Waals surface area (Å²) in [6.45, 7) is 6.76. The zero-order valence-electron chi connectivity index (χ0n) is 12.4. The SMILES string of the molecule is CC(C)COc1cccc(NC(=O)CCC(C)N)c1.Cl. The molecule has 0 aliphatic carbocycles. The number of amides is 1. The molecule has 0 spiro atoms. The fourth-order valence-electron chi connectivity index (χ4n) is 1.51. The van der Waals surface area contributed by atoms with E-state index in [1.165, 1.54) is 0 Å². The van der Waals surface area contributed by atoms with Crippen LogP contribution in [0.4, 0.5) is 5.69 Å². The summed E-state index contributed by atoms with van der Waals surface area (Å²) in [7, 11) is 0. The van der Waals surface area contributed by atoms with Crippen LogP contribution in [0.2, 0.25) is 0 Å². The smallest absolute Gasteiger partial charge is 0.224 e. The Labute approximate surface area is 127 Å². The zero-order valence-corrected chi connectivity index (χ0v) is 13.2. The van der Waals surface area contributed by atoms with Gasteiger partial charge in [-0.2, -0.15) is 0 Å². The second kappa shape index (κ2) is 9.61. The summed E-state index contributed by atoms with van der Waals surface area (Å²) in [5.74, 6) is 1.24. The lowest BCUT2D eigenvalue weighted by atomic mass is 10.2. The topological polar surface area (TPSA) is 64.3 Å². The number of rotatable bonds is 7. The maximum atomic E-state index is 11.7. The Morgan fingerprint density at radius 2 is 2.05 bits per heavy atom. The van der Waals surface area contributed by atoms with Crippen LogP contribution in [0.15, 0.2) is 24.3 Å². The van der Waals surface area contributed by atoms with Gasteiger partial charge in [-0.05, 0) is 31.4 Å². The van der Waals surface area contributed by atoms with Gasteiger partial charge < -0.3 is 15.8 Å². The second-order valence-corrected chi connectivity index (χ2v) is 5.30. The molecule has 1 unspecified atom stereocenters. The fourth-order valence-corrected chi connectivity index (χ4v) is 1.51. The van der Waals surface area contributed by atoms with Crippen LogP contribution in [0.5, 0.6) is 5.75 Å². The van der Waals surface area contributed by atoms with Crippen LogP contribution in [0.1, 0.15) is 33.6 Å². The molecule has 3 N–H and O–H groups in total. The van der Waals surface area contributed by atoms with Crippen molar-refractivity contribution in [3.05, 3.63) is 24.3 Å². The molecule has 0 radical (unpaired) electrons. The van der Waals surface area contributed by atoms with Crippen LogP contribution in [0.25, 0.3) is 0 Å². The molecule has 1 amide bonds. The summed E-state index contributed by atoms with van der Waals surface area (Å²) < 4.78 is 5.62. The highest BCUT2D eigenvalue weighted by Crippen LogP contribution is 2.18. The predicted molar refractivity (Wildman–Crippen MR) is 85.5 cm³/mol. The van der Waals surface area contributed by atoms with Gasteiger partial charge in [-0.3, -0.25) is 4.79 Å². The lowest BCUT2D eigenvalue weighted by Crippen LogP contribution is -2.19. The van der Waals surface area contributed by atoms with E-state index in [4.69, 9.17) is 10.5 Å². The molecular formula is C15H25ClN2O2. The van der Waals surface area contributed by atoms with Crippen LogP contribution >= 0.6 is 12.4 Å². The van der Waals surface area contributed by atoms with E-state index in [2.05, 4.69) is 19.2 Å². The van der Waals surface area contributed by atoms with E-state index in [1.807, 2.05) is 31.2 Å². The monoisotopic (exact) mass is 300 g/mol. The minimum atomic E-state index is -0.0155. The van der Waals surface area contributed by atoms with Crippen LogP contribution in [0, 0.1) is 5.92 Å². The molecule has 0 bridgehead atoms. The molecule has 0 fully saturated rings. The summed E-state index contributed by atoms with van der Waals surface area (Å²) in [6.07, 6.45) is 1.13. The Morgan fingerprint density at radius 1 is 1.35 bits per heavy atom. The van der Waals surface area contributed by atoms with Gasteiger partial charge in [0.05, 0.1) is 6.61 Å². The van der Waals surface area contributed by atoms with Crippen LogP contribution in [-0.2, 0) is 4.79 Å². The Bertz CT molecular complexity index is 409. The van der Waals surface area contributed by atoms with E-state index < -0.39 is 0 Å². The highest BCUT2D eigenvalue weighted by atomic mass is 35.5. The van der Waals surface area contributed by atoms with Gasteiger partial charge in [-0.25, -0.2) is 0 Å². The number of carbonyl (C=O) groups excluding carboxylic acids is 1. The van der Waals surface area contributed by atoms with E-state index >= 15 is 0 Å². The normalized spacial score (nSPS) is 11.7. The molecule has 20 heavy (non-hydrogen) atoms. The number of carbonyl (C=O) groups is 1. The van der Waals surface area contributed by atoms with Crippen molar-refractivity contribution in [3.63, 3.8) is 0 Å². The van der Waals surface area contributed by atoms with E-state index in [0.29, 0.717) is 25.4 Å². The van der Waals surface area contributed by atoms with Crippen molar-refractivity contribution in [2.45, 2.75) is 39.7 Å². The maximum Gasteiger partial charge on any atom is 0.224 e. The summed E-state index contributed by atoms with van der Waals surface area (Å²) in [5.41, 5.74) is 6.39. The quantitative estimate of drug-likeness (QED) is 0.812. The lowest BCUT2D eigenvalue weighted by molar-refractivity contribution is -0.116. The Morgan fingerprint density at radius 3 is 2.65 bits per heavy atom. The molecule has 1 aromatic carbocycles. The molecule has 0 saturated carbocycles. The third kappa shape index (κ3) is 8.02. The number of nitrogens with two attached hydrogens (primary N) is 1. The molecule has 1 aromatic rings. The van der Waals surface area contributed by atoms with Crippen molar-refractivity contribution in [1.82, 2.24) is 0 Å². The molecule has 0 aromatic heterocycles. The van der Waals surface area contributed by atoms with Crippen LogP contribution < -0.4 is 15.8 Å². The number of hydrogen-bond donors (Lipinski definition) is 2. The summed E-state index contributed by atoms with van der Waals surface area (Å²) in [5, 5.41) is 2.85. The summed E-state index contributed by atoms with van der Waals surface area (Å²) in [4.78, 5) is 11.7. The molecular weight excluding hydrogens is 276 g/mol. The molecule has 5 heteroatoms. The van der Waals surface area contributed by atoms with Gasteiger partial charge in [0, 0.05) is 24.2 Å². The van der Waals surface area contributed by atoms with Gasteiger partial charge >= 0.3 is 0 Å². The van der Waals surface area contributed by atoms with Gasteiger partial charge in [-0.15, -0.1) is 12.4 Å². The second-order valence-electron chi connectivity index (χ2n) is 5.30. The first-order chi connectivity index (χ1) is 8.97. The zero-order chi connectivity index (χ0) is 14.3. The minimum absolute atomic E-state index is 0. The van der Waals surface area contributed by atoms with Gasteiger partial charge in [0.2, 0.25) is 5.91 Å². The van der Waals surface area contributed by atoms with Gasteiger partial charge in [0.1, 0.15) is 5.75 Å². The van der Waals surface area contributed by atoms with Gasteiger partial charge in [0.15, 0.2) is 0 Å². The lowest BCUT2D eigenvalue weighted by Gasteiger charge is -2.11. The minimum Gasteiger partial charge on any atom is -0.493 e. The molecule has 0 heterocycles. The number of nitrogens with one attached hydrogen (secondary N) is 1. The Kier molecular flexibility index (Phi) is 9.01. The molecule has 1 rings (SSSR count). The molecule has 0 aliphatic heterocycles. The number of ether oxygens (including phenoxy) is 1. The summed E-state index contributed by atoms with van der Waals surface area (Å²) >= 11 is 0. The van der Waals surface area contributed by atoms with Crippen molar-refractivity contribution in [3.8, 4) is 5.75 Å². The third-order valence-corrected chi connectivity index (χ3v) is 2.53. The Hall–Kier alpha value is -1.26. The van der Waals surface area contributed by atoms with Crippen molar-refractivity contribution < 1.29 is 9.53 Å². The van der Waals surface area contributed by atoms with Gasteiger partial charge in [0.25, 0.3) is 0 Å². The molecule has 0 aliphatic rings. The largest absolute Gasteiger partial charge is 0.493 e. The number of benzene rings is 1. The van der Waals surface area contributed by atoms with E-state index in [1.54, 1.807) is 0 Å². The van der Waals surface area contributed by atoms with E-state index in [-0.39, 0.29) is 24.4 Å². The molecule has 4 nitrogen and oxygen atoms in total. The van der Waals surface area contributed by atoms with Crippen molar-refractivity contribution in [2.75, 3.05) is 11.9 Å². The Balaban J connectivity index is 0.00000361. The molecule has 1 atom stereocenters. The third-order valence-electron chi connectivity index (χ3n) is 2.53. The standard InChI is InChI=1S/C15H24N2O2.ClH/c1-11(2)10-19-14-6-4-5-13(9-14)17-15(18)8-7-12(3)16;/h4-6,9,11-12H,7-8,10,16H2,1-3H3,(H,17,18);1H. The van der Waals surface area contributed by atoms with Crippen LogP contribution in [-0.4, -0.2) is 18.6 Å². The van der Waals surface area contributed by atoms with Crippen LogP contribution in [0.3, 0.4) is 0 Å². The van der Waals surface area contributed by atoms with Crippen molar-refractivity contribution >= 4 is 24.0 Å². The predicted octanol–water partition coefficient (Wildman–Crippen LogP) is 3.21. The van der Waals surface area contributed by atoms with E-state index in [0.717, 1.165) is 11.4 Å². The number of anilines is 1. The highest BCUT2D eigenvalue weighted by Gasteiger charge is 2.05. The summed E-state index contributed by atoms with van der Waals surface area (Å²) in [6, 6.07) is 7.50. The molecule has 114 valence electrons. The first-order valence-electron chi connectivity index (χ1n) is 6.75. The van der Waals surface area contributed by atoms with Crippen molar-refractivity contribution in [2.24, 2.45) is 11.7 Å². The first kappa shape index (κ1) is 18.7. The van der Waals surface area contributed by atoms with Gasteiger partial charge in [-0.1, -0.05) is 19.9 Å². The number of hydrogen-bond acceptors (Lipinski definition) is 3. The average Bonchev–Trinajstić information content (AvgIpc) is 2.34. The highest BCUT2D eigenvalue weighted by molar-refractivity contribution is 5.90. The number of halogens is 1. The maximum absolute atomic E-state index is 11.7. The molecule has 0 saturated heterocycles. The average molecular weight is 301 g/mol. The first-order valence-corrected chi connectivity index (χ1v) is 6.75. The van der Waals surface area contributed by atoms with Crippen molar-refractivity contribution in [1.29, 1.82) is 0 Å². The fraction of sp³-hybridized carbons (Fsp3) is 0.533.